The number of carbonyl (C=O) groups excluding carboxylic acids is 1. The second-order valence-electron chi connectivity index (χ2n) is 6.34. The molecule has 1 aliphatic rings. The van der Waals surface area contributed by atoms with Crippen molar-refractivity contribution >= 4 is 41.5 Å². The SMILES string of the molecule is CCNC(=NCC(=O)Nc1cccnc1)N1CCC(c2cnn(C)c2)C1.I. The van der Waals surface area contributed by atoms with Crippen LogP contribution >= 0.6 is 24.0 Å². The smallest absolute Gasteiger partial charge is 0.246 e. The summed E-state index contributed by atoms with van der Waals surface area (Å²) in [7, 11) is 1.93. The number of hydrogen-bond donors (Lipinski definition) is 2. The van der Waals surface area contributed by atoms with Crippen LogP contribution in [0.1, 0.15) is 24.8 Å². The predicted octanol–water partition coefficient (Wildman–Crippen LogP) is 1.83. The molecule has 1 saturated heterocycles. The highest BCUT2D eigenvalue weighted by atomic mass is 127. The van der Waals surface area contributed by atoms with Gasteiger partial charge in [0.25, 0.3) is 0 Å². The van der Waals surface area contributed by atoms with E-state index in [0.717, 1.165) is 32.0 Å². The zero-order valence-corrected chi connectivity index (χ0v) is 18.0. The highest BCUT2D eigenvalue weighted by molar-refractivity contribution is 14.0. The van der Waals surface area contributed by atoms with E-state index >= 15 is 0 Å². The molecule has 1 fully saturated rings. The summed E-state index contributed by atoms with van der Waals surface area (Å²) in [6.07, 6.45) is 8.34. The van der Waals surface area contributed by atoms with Crippen LogP contribution in [-0.4, -0.2) is 57.7 Å². The van der Waals surface area contributed by atoms with Crippen molar-refractivity contribution in [1.29, 1.82) is 0 Å². The molecular formula is C18H26IN7O. The number of aromatic nitrogens is 3. The number of amides is 1. The molecule has 3 heterocycles. The number of likely N-dealkylation sites (tertiary alicyclic amines) is 1. The molecule has 2 aromatic rings. The van der Waals surface area contributed by atoms with E-state index in [0.29, 0.717) is 11.6 Å². The number of halogens is 1. The zero-order chi connectivity index (χ0) is 18.4. The fraction of sp³-hybridized carbons (Fsp3) is 0.444. The van der Waals surface area contributed by atoms with Gasteiger partial charge in [-0.05, 0) is 31.0 Å². The number of guanidine groups is 1. The highest BCUT2D eigenvalue weighted by Crippen LogP contribution is 2.26. The maximum absolute atomic E-state index is 12.1. The van der Waals surface area contributed by atoms with Crippen LogP contribution in [-0.2, 0) is 11.8 Å². The van der Waals surface area contributed by atoms with Crippen molar-refractivity contribution in [3.8, 4) is 0 Å². The Morgan fingerprint density at radius 1 is 1.41 bits per heavy atom. The number of anilines is 1. The van der Waals surface area contributed by atoms with E-state index in [1.165, 1.54) is 5.56 Å². The van der Waals surface area contributed by atoms with Crippen molar-refractivity contribution < 1.29 is 4.79 Å². The maximum atomic E-state index is 12.1. The summed E-state index contributed by atoms with van der Waals surface area (Å²) >= 11 is 0. The van der Waals surface area contributed by atoms with Gasteiger partial charge in [0.2, 0.25) is 5.91 Å². The van der Waals surface area contributed by atoms with E-state index < -0.39 is 0 Å². The number of hydrogen-bond acceptors (Lipinski definition) is 4. The number of aliphatic imine (C=N–C) groups is 1. The molecule has 1 unspecified atom stereocenters. The summed E-state index contributed by atoms with van der Waals surface area (Å²) in [4.78, 5) is 22.8. The van der Waals surface area contributed by atoms with Crippen molar-refractivity contribution in [2.24, 2.45) is 12.0 Å². The molecule has 27 heavy (non-hydrogen) atoms. The molecule has 1 aliphatic heterocycles. The standard InChI is InChI=1S/C18H25N7O.HI/c1-3-20-18(21-11-17(26)23-16-5-4-7-19-10-16)25-8-6-14(13-25)15-9-22-24(2)12-15;/h4-5,7,9-10,12,14H,3,6,8,11,13H2,1-2H3,(H,20,21)(H,23,26);1H. The minimum Gasteiger partial charge on any atom is -0.357 e. The Hall–Kier alpha value is -2.17. The zero-order valence-electron chi connectivity index (χ0n) is 15.6. The average molecular weight is 483 g/mol. The molecule has 0 radical (unpaired) electrons. The third-order valence-electron chi connectivity index (χ3n) is 4.34. The lowest BCUT2D eigenvalue weighted by atomic mass is 10.0. The minimum absolute atomic E-state index is 0. The number of carbonyl (C=O) groups is 1. The lowest BCUT2D eigenvalue weighted by molar-refractivity contribution is -0.114. The Balaban J connectivity index is 0.00000261. The summed E-state index contributed by atoms with van der Waals surface area (Å²) in [6, 6.07) is 3.59. The van der Waals surface area contributed by atoms with Crippen molar-refractivity contribution in [1.82, 2.24) is 25.0 Å². The van der Waals surface area contributed by atoms with E-state index in [-0.39, 0.29) is 36.4 Å². The number of rotatable bonds is 5. The second kappa shape index (κ2) is 10.2. The maximum Gasteiger partial charge on any atom is 0.246 e. The van der Waals surface area contributed by atoms with Gasteiger partial charge >= 0.3 is 0 Å². The van der Waals surface area contributed by atoms with E-state index in [2.05, 4.69) is 36.8 Å². The van der Waals surface area contributed by atoms with E-state index in [1.54, 1.807) is 24.5 Å². The van der Waals surface area contributed by atoms with Gasteiger partial charge in [-0.15, -0.1) is 24.0 Å². The van der Waals surface area contributed by atoms with Crippen molar-refractivity contribution in [2.75, 3.05) is 31.5 Å². The number of nitrogens with zero attached hydrogens (tertiary/aromatic N) is 5. The van der Waals surface area contributed by atoms with Crippen LogP contribution in [0.2, 0.25) is 0 Å². The first-order valence-electron chi connectivity index (χ1n) is 8.87. The lowest BCUT2D eigenvalue weighted by Crippen LogP contribution is -2.40. The van der Waals surface area contributed by atoms with Crippen molar-refractivity contribution in [3.05, 3.63) is 42.5 Å². The van der Waals surface area contributed by atoms with Gasteiger partial charge in [-0.25, -0.2) is 4.99 Å². The van der Waals surface area contributed by atoms with Crippen LogP contribution in [0.3, 0.4) is 0 Å². The Morgan fingerprint density at radius 2 is 2.26 bits per heavy atom. The molecule has 0 saturated carbocycles. The third-order valence-corrected chi connectivity index (χ3v) is 4.34. The monoisotopic (exact) mass is 483 g/mol. The van der Waals surface area contributed by atoms with Gasteiger partial charge in [0.15, 0.2) is 5.96 Å². The third kappa shape index (κ3) is 5.91. The van der Waals surface area contributed by atoms with Crippen molar-refractivity contribution in [2.45, 2.75) is 19.3 Å². The molecule has 3 rings (SSSR count). The first-order valence-corrected chi connectivity index (χ1v) is 8.87. The van der Waals surface area contributed by atoms with Crippen LogP contribution < -0.4 is 10.6 Å². The van der Waals surface area contributed by atoms with E-state index in [1.807, 2.05) is 24.9 Å². The summed E-state index contributed by atoms with van der Waals surface area (Å²) in [5.74, 6) is 1.06. The van der Waals surface area contributed by atoms with Gasteiger partial charge in [0.1, 0.15) is 6.54 Å². The molecule has 2 N–H and O–H groups in total. The van der Waals surface area contributed by atoms with Gasteiger partial charge in [-0.2, -0.15) is 5.10 Å². The van der Waals surface area contributed by atoms with Gasteiger partial charge in [-0.3, -0.25) is 14.5 Å². The molecule has 9 heteroatoms. The average Bonchev–Trinajstić information content (AvgIpc) is 3.28. The molecule has 1 atom stereocenters. The molecule has 0 spiro atoms. The van der Waals surface area contributed by atoms with E-state index in [9.17, 15) is 4.79 Å². The van der Waals surface area contributed by atoms with Crippen LogP contribution in [0.4, 0.5) is 5.69 Å². The fourth-order valence-electron chi connectivity index (χ4n) is 3.09. The predicted molar refractivity (Wildman–Crippen MR) is 116 cm³/mol. The Kier molecular flexibility index (Phi) is 8.01. The van der Waals surface area contributed by atoms with Crippen LogP contribution in [0.15, 0.2) is 41.9 Å². The first-order chi connectivity index (χ1) is 12.7. The first kappa shape index (κ1) is 21.1. The van der Waals surface area contributed by atoms with Gasteiger partial charge in [0, 0.05) is 45.0 Å². The molecule has 0 bridgehead atoms. The second-order valence-corrected chi connectivity index (χ2v) is 6.34. The molecule has 0 aromatic carbocycles. The molecule has 1 amide bonds. The topological polar surface area (TPSA) is 87.4 Å². The largest absolute Gasteiger partial charge is 0.357 e. The number of aryl methyl sites for hydroxylation is 1. The summed E-state index contributed by atoms with van der Waals surface area (Å²) in [5, 5.41) is 10.3. The van der Waals surface area contributed by atoms with Gasteiger partial charge in [0.05, 0.1) is 18.1 Å². The van der Waals surface area contributed by atoms with E-state index in [4.69, 9.17) is 0 Å². The van der Waals surface area contributed by atoms with Crippen LogP contribution in [0.5, 0.6) is 0 Å². The van der Waals surface area contributed by atoms with Gasteiger partial charge < -0.3 is 15.5 Å². The summed E-state index contributed by atoms with van der Waals surface area (Å²) in [5.41, 5.74) is 1.93. The minimum atomic E-state index is -0.156. The Labute approximate surface area is 176 Å². The molecule has 2 aromatic heterocycles. The molecule has 8 nitrogen and oxygen atoms in total. The normalized spacial score (nSPS) is 16.7. The summed E-state index contributed by atoms with van der Waals surface area (Å²) < 4.78 is 1.83. The Morgan fingerprint density at radius 3 is 2.93 bits per heavy atom. The Bertz CT molecular complexity index is 762. The number of pyridine rings is 1. The molecular weight excluding hydrogens is 457 g/mol. The molecule has 146 valence electrons. The van der Waals surface area contributed by atoms with Crippen LogP contribution in [0.25, 0.3) is 0 Å². The summed E-state index contributed by atoms with van der Waals surface area (Å²) in [6.45, 7) is 4.65. The highest BCUT2D eigenvalue weighted by Gasteiger charge is 2.27. The number of nitrogens with one attached hydrogen (secondary N) is 2. The lowest BCUT2D eigenvalue weighted by Gasteiger charge is -2.21. The van der Waals surface area contributed by atoms with Crippen LogP contribution in [0, 0.1) is 0 Å². The molecule has 0 aliphatic carbocycles. The fourth-order valence-corrected chi connectivity index (χ4v) is 3.09. The van der Waals surface area contributed by atoms with Crippen molar-refractivity contribution in [3.63, 3.8) is 0 Å². The quantitative estimate of drug-likeness (QED) is 0.385. The van der Waals surface area contributed by atoms with Gasteiger partial charge in [-0.1, -0.05) is 0 Å².